The highest BCUT2D eigenvalue weighted by molar-refractivity contribution is 9.09. The number of halogens is 2. The third-order valence-corrected chi connectivity index (χ3v) is 2.60. The number of carbonyl (C=O) groups excluding carboxylic acids is 1. The summed E-state index contributed by atoms with van der Waals surface area (Å²) in [5.74, 6) is 0.527. The SMILES string of the molecule is CCCOc1ccc(NC(=O)CBr)cc1Cl. The summed E-state index contributed by atoms with van der Waals surface area (Å²) in [6, 6.07) is 5.19. The van der Waals surface area contributed by atoms with E-state index in [1.807, 2.05) is 6.92 Å². The summed E-state index contributed by atoms with van der Waals surface area (Å²) in [6.45, 7) is 2.66. The van der Waals surface area contributed by atoms with Crippen LogP contribution in [0.25, 0.3) is 0 Å². The van der Waals surface area contributed by atoms with Crippen molar-refractivity contribution < 1.29 is 9.53 Å². The maximum absolute atomic E-state index is 11.1. The minimum atomic E-state index is -0.113. The van der Waals surface area contributed by atoms with E-state index in [0.29, 0.717) is 23.1 Å². The van der Waals surface area contributed by atoms with Crippen LogP contribution in [0.4, 0.5) is 5.69 Å². The van der Waals surface area contributed by atoms with Crippen molar-refractivity contribution in [2.75, 3.05) is 17.3 Å². The summed E-state index contributed by atoms with van der Waals surface area (Å²) < 4.78 is 5.42. The maximum atomic E-state index is 11.1. The molecule has 0 atom stereocenters. The normalized spacial score (nSPS) is 9.94. The summed E-state index contributed by atoms with van der Waals surface area (Å²) in [6.07, 6.45) is 0.929. The lowest BCUT2D eigenvalue weighted by molar-refractivity contribution is -0.113. The van der Waals surface area contributed by atoms with Gasteiger partial charge in [-0.1, -0.05) is 34.5 Å². The van der Waals surface area contributed by atoms with Gasteiger partial charge >= 0.3 is 0 Å². The van der Waals surface area contributed by atoms with Crippen molar-refractivity contribution in [1.82, 2.24) is 0 Å². The zero-order valence-electron chi connectivity index (χ0n) is 8.93. The standard InChI is InChI=1S/C11H13BrClNO2/c1-2-5-16-10-4-3-8(6-9(10)13)14-11(15)7-12/h3-4,6H,2,5,7H2,1H3,(H,14,15). The summed E-state index contributed by atoms with van der Waals surface area (Å²) in [4.78, 5) is 11.1. The number of benzene rings is 1. The van der Waals surface area contributed by atoms with E-state index < -0.39 is 0 Å². The molecule has 0 aromatic heterocycles. The first-order valence-electron chi connectivity index (χ1n) is 4.95. The van der Waals surface area contributed by atoms with Gasteiger partial charge in [-0.2, -0.15) is 0 Å². The molecule has 88 valence electrons. The predicted molar refractivity (Wildman–Crippen MR) is 69.7 cm³/mol. The minimum absolute atomic E-state index is 0.113. The quantitative estimate of drug-likeness (QED) is 0.846. The van der Waals surface area contributed by atoms with Gasteiger partial charge < -0.3 is 10.1 Å². The molecule has 0 aliphatic heterocycles. The van der Waals surface area contributed by atoms with E-state index >= 15 is 0 Å². The van der Waals surface area contributed by atoms with Gasteiger partial charge in [0, 0.05) is 5.69 Å². The Kier molecular flexibility index (Phi) is 5.63. The fraction of sp³-hybridized carbons (Fsp3) is 0.364. The second-order valence-electron chi connectivity index (χ2n) is 3.18. The van der Waals surface area contributed by atoms with Gasteiger partial charge in [-0.25, -0.2) is 0 Å². The molecule has 1 aromatic rings. The second-order valence-corrected chi connectivity index (χ2v) is 4.14. The molecule has 0 bridgehead atoms. The molecule has 0 unspecified atom stereocenters. The van der Waals surface area contributed by atoms with Crippen LogP contribution in [0.15, 0.2) is 18.2 Å². The van der Waals surface area contributed by atoms with Crippen molar-refractivity contribution in [1.29, 1.82) is 0 Å². The zero-order valence-corrected chi connectivity index (χ0v) is 11.3. The van der Waals surface area contributed by atoms with Crippen molar-refractivity contribution >= 4 is 39.1 Å². The number of hydrogen-bond acceptors (Lipinski definition) is 2. The van der Waals surface area contributed by atoms with Gasteiger partial charge in [0.2, 0.25) is 5.91 Å². The molecule has 0 aliphatic rings. The highest BCUT2D eigenvalue weighted by Crippen LogP contribution is 2.27. The average molecular weight is 307 g/mol. The molecule has 5 heteroatoms. The summed E-state index contributed by atoms with van der Waals surface area (Å²) in [5, 5.41) is 3.45. The molecule has 3 nitrogen and oxygen atoms in total. The molecule has 0 heterocycles. The van der Waals surface area contributed by atoms with Crippen molar-refractivity contribution in [3.63, 3.8) is 0 Å². The average Bonchev–Trinajstić information content (AvgIpc) is 2.28. The number of carbonyl (C=O) groups is 1. The van der Waals surface area contributed by atoms with E-state index in [-0.39, 0.29) is 11.2 Å². The van der Waals surface area contributed by atoms with E-state index in [0.717, 1.165) is 6.42 Å². The molecule has 0 aliphatic carbocycles. The smallest absolute Gasteiger partial charge is 0.235 e. The van der Waals surface area contributed by atoms with Crippen LogP contribution in [-0.2, 0) is 4.79 Å². The van der Waals surface area contributed by atoms with Crippen LogP contribution < -0.4 is 10.1 Å². The first-order chi connectivity index (χ1) is 7.67. The number of amides is 1. The van der Waals surface area contributed by atoms with Gasteiger partial charge in [-0.15, -0.1) is 0 Å². The number of rotatable bonds is 5. The molecule has 0 radical (unpaired) electrons. The largest absolute Gasteiger partial charge is 0.492 e. The maximum Gasteiger partial charge on any atom is 0.235 e. The third kappa shape index (κ3) is 4.02. The van der Waals surface area contributed by atoms with Gasteiger partial charge in [0.15, 0.2) is 0 Å². The summed E-state index contributed by atoms with van der Waals surface area (Å²) in [5.41, 5.74) is 0.665. The molecule has 1 aromatic carbocycles. The van der Waals surface area contributed by atoms with Gasteiger partial charge in [-0.3, -0.25) is 4.79 Å². The van der Waals surface area contributed by atoms with Crippen LogP contribution in [0.2, 0.25) is 5.02 Å². The molecular formula is C11H13BrClNO2. The first-order valence-corrected chi connectivity index (χ1v) is 6.45. The van der Waals surface area contributed by atoms with E-state index in [1.54, 1.807) is 18.2 Å². The van der Waals surface area contributed by atoms with Crippen molar-refractivity contribution in [2.24, 2.45) is 0 Å². The minimum Gasteiger partial charge on any atom is -0.492 e. The van der Waals surface area contributed by atoms with E-state index in [4.69, 9.17) is 16.3 Å². The van der Waals surface area contributed by atoms with E-state index in [2.05, 4.69) is 21.2 Å². The zero-order chi connectivity index (χ0) is 12.0. The molecule has 16 heavy (non-hydrogen) atoms. The third-order valence-electron chi connectivity index (χ3n) is 1.80. The van der Waals surface area contributed by atoms with Crippen molar-refractivity contribution in [3.05, 3.63) is 23.2 Å². The van der Waals surface area contributed by atoms with Crippen LogP contribution in [0.5, 0.6) is 5.75 Å². The number of hydrogen-bond donors (Lipinski definition) is 1. The highest BCUT2D eigenvalue weighted by Gasteiger charge is 2.04. The Bertz CT molecular complexity index is 371. The molecule has 0 saturated carbocycles. The predicted octanol–water partition coefficient (Wildman–Crippen LogP) is 3.46. The number of nitrogens with one attached hydrogen (secondary N) is 1. The van der Waals surface area contributed by atoms with Gasteiger partial charge in [-0.05, 0) is 24.6 Å². The Hall–Kier alpha value is -0.740. The second kappa shape index (κ2) is 6.76. The lowest BCUT2D eigenvalue weighted by Gasteiger charge is -2.09. The van der Waals surface area contributed by atoms with Crippen LogP contribution in [-0.4, -0.2) is 17.8 Å². The Morgan fingerprint density at radius 2 is 2.31 bits per heavy atom. The molecule has 0 saturated heterocycles. The molecule has 1 rings (SSSR count). The van der Waals surface area contributed by atoms with Crippen LogP contribution in [0.1, 0.15) is 13.3 Å². The van der Waals surface area contributed by atoms with Crippen LogP contribution in [0.3, 0.4) is 0 Å². The Labute approximate surface area is 108 Å². The Morgan fingerprint density at radius 3 is 2.88 bits per heavy atom. The fourth-order valence-corrected chi connectivity index (χ4v) is 1.48. The number of alkyl halides is 1. The molecule has 1 N–H and O–H groups in total. The number of ether oxygens (including phenoxy) is 1. The van der Waals surface area contributed by atoms with Crippen molar-refractivity contribution in [2.45, 2.75) is 13.3 Å². The monoisotopic (exact) mass is 305 g/mol. The fourth-order valence-electron chi connectivity index (χ4n) is 1.10. The van der Waals surface area contributed by atoms with Gasteiger partial charge in [0.1, 0.15) is 5.75 Å². The molecular weight excluding hydrogens is 293 g/mol. The topological polar surface area (TPSA) is 38.3 Å². The van der Waals surface area contributed by atoms with E-state index in [9.17, 15) is 4.79 Å². The molecule has 1 amide bonds. The molecule has 0 spiro atoms. The lowest BCUT2D eigenvalue weighted by Crippen LogP contribution is -2.12. The first kappa shape index (κ1) is 13.3. The van der Waals surface area contributed by atoms with Gasteiger partial charge in [0.25, 0.3) is 0 Å². The Morgan fingerprint density at radius 1 is 1.56 bits per heavy atom. The summed E-state index contributed by atoms with van der Waals surface area (Å²) in [7, 11) is 0. The lowest BCUT2D eigenvalue weighted by atomic mass is 10.3. The Balaban J connectivity index is 2.70. The highest BCUT2D eigenvalue weighted by atomic mass is 79.9. The number of anilines is 1. The van der Waals surface area contributed by atoms with Gasteiger partial charge in [0.05, 0.1) is 17.0 Å². The van der Waals surface area contributed by atoms with Crippen LogP contribution in [0, 0.1) is 0 Å². The van der Waals surface area contributed by atoms with Crippen molar-refractivity contribution in [3.8, 4) is 5.75 Å². The van der Waals surface area contributed by atoms with E-state index in [1.165, 1.54) is 0 Å². The molecule has 0 fully saturated rings. The summed E-state index contributed by atoms with van der Waals surface area (Å²) >= 11 is 9.07. The van der Waals surface area contributed by atoms with Crippen LogP contribution >= 0.6 is 27.5 Å².